The lowest BCUT2D eigenvalue weighted by atomic mass is 9.85. The van der Waals surface area contributed by atoms with Gasteiger partial charge in [0.1, 0.15) is 0 Å². The third-order valence-electron chi connectivity index (χ3n) is 3.75. The van der Waals surface area contributed by atoms with E-state index in [0.29, 0.717) is 0 Å². The van der Waals surface area contributed by atoms with Gasteiger partial charge < -0.3 is 5.11 Å². The van der Waals surface area contributed by atoms with Crippen LogP contribution in [-0.2, 0) is 0 Å². The highest BCUT2D eigenvalue weighted by molar-refractivity contribution is 4.86. The number of aliphatic hydroxyl groups is 1. The second-order valence-corrected chi connectivity index (χ2v) is 5.05. The van der Waals surface area contributed by atoms with Crippen LogP contribution in [0.1, 0.15) is 71.6 Å². The van der Waals surface area contributed by atoms with Crippen LogP contribution in [-0.4, -0.2) is 10.7 Å². The second kappa shape index (κ2) is 5.75. The maximum atomic E-state index is 10.3. The van der Waals surface area contributed by atoms with E-state index in [9.17, 15) is 5.11 Å². The lowest BCUT2D eigenvalue weighted by molar-refractivity contribution is 0.0199. The lowest BCUT2D eigenvalue weighted by Gasteiger charge is -2.27. The largest absolute Gasteiger partial charge is 0.390 e. The van der Waals surface area contributed by atoms with Gasteiger partial charge in [-0.1, -0.05) is 52.4 Å². The van der Waals surface area contributed by atoms with Crippen LogP contribution in [0.4, 0.5) is 0 Å². The maximum absolute atomic E-state index is 10.3. The SMILES string of the molecule is CCCCC(CC)CC1(O)CCCC1. The van der Waals surface area contributed by atoms with Crippen molar-refractivity contribution in [3.05, 3.63) is 0 Å². The first-order valence-corrected chi connectivity index (χ1v) is 6.42. The molecule has 14 heavy (non-hydrogen) atoms. The second-order valence-electron chi connectivity index (χ2n) is 5.05. The molecule has 0 spiro atoms. The molecule has 0 amide bonds. The highest BCUT2D eigenvalue weighted by Crippen LogP contribution is 2.36. The van der Waals surface area contributed by atoms with Gasteiger partial charge in [-0.2, -0.15) is 0 Å². The Morgan fingerprint density at radius 2 is 1.86 bits per heavy atom. The first kappa shape index (κ1) is 12.0. The van der Waals surface area contributed by atoms with Crippen molar-refractivity contribution in [2.24, 2.45) is 5.92 Å². The highest BCUT2D eigenvalue weighted by atomic mass is 16.3. The Morgan fingerprint density at radius 1 is 1.21 bits per heavy atom. The summed E-state index contributed by atoms with van der Waals surface area (Å²) in [6, 6.07) is 0. The molecule has 0 aliphatic heterocycles. The van der Waals surface area contributed by atoms with E-state index in [1.165, 1.54) is 38.5 Å². The molecule has 0 aromatic carbocycles. The molecule has 0 saturated heterocycles. The molecule has 0 bridgehead atoms. The lowest BCUT2D eigenvalue weighted by Crippen LogP contribution is -2.27. The minimum Gasteiger partial charge on any atom is -0.390 e. The Morgan fingerprint density at radius 3 is 2.36 bits per heavy atom. The van der Waals surface area contributed by atoms with Crippen LogP contribution in [0.15, 0.2) is 0 Å². The molecular weight excluding hydrogens is 172 g/mol. The Labute approximate surface area is 88.9 Å². The fourth-order valence-electron chi connectivity index (χ4n) is 2.72. The molecule has 1 rings (SSSR count). The van der Waals surface area contributed by atoms with Crippen LogP contribution in [0.25, 0.3) is 0 Å². The molecule has 1 atom stereocenters. The quantitative estimate of drug-likeness (QED) is 0.686. The summed E-state index contributed by atoms with van der Waals surface area (Å²) in [5.41, 5.74) is -0.283. The van der Waals surface area contributed by atoms with Crippen molar-refractivity contribution in [3.8, 4) is 0 Å². The van der Waals surface area contributed by atoms with E-state index in [4.69, 9.17) is 0 Å². The first-order chi connectivity index (χ1) is 6.70. The first-order valence-electron chi connectivity index (χ1n) is 6.42. The molecule has 1 heteroatoms. The van der Waals surface area contributed by atoms with Gasteiger partial charge in [-0.05, 0) is 25.2 Å². The number of rotatable bonds is 6. The zero-order valence-corrected chi connectivity index (χ0v) is 9.89. The van der Waals surface area contributed by atoms with Crippen LogP contribution in [0.5, 0.6) is 0 Å². The number of unbranched alkanes of at least 4 members (excludes halogenated alkanes) is 1. The molecule has 84 valence electrons. The molecule has 0 heterocycles. The van der Waals surface area contributed by atoms with Crippen molar-refractivity contribution in [1.29, 1.82) is 0 Å². The average Bonchev–Trinajstić information content (AvgIpc) is 2.60. The van der Waals surface area contributed by atoms with Crippen molar-refractivity contribution >= 4 is 0 Å². The summed E-state index contributed by atoms with van der Waals surface area (Å²) in [7, 11) is 0. The van der Waals surface area contributed by atoms with E-state index in [-0.39, 0.29) is 5.60 Å². The van der Waals surface area contributed by atoms with Gasteiger partial charge in [0.05, 0.1) is 5.60 Å². The summed E-state index contributed by atoms with van der Waals surface area (Å²) in [5.74, 6) is 0.762. The summed E-state index contributed by atoms with van der Waals surface area (Å²) < 4.78 is 0. The third-order valence-corrected chi connectivity index (χ3v) is 3.75. The Kier molecular flexibility index (Phi) is 4.94. The molecule has 1 N–H and O–H groups in total. The van der Waals surface area contributed by atoms with Crippen molar-refractivity contribution in [3.63, 3.8) is 0 Å². The van der Waals surface area contributed by atoms with Crippen molar-refractivity contribution in [2.75, 3.05) is 0 Å². The van der Waals surface area contributed by atoms with E-state index in [1.54, 1.807) is 0 Å². The molecule has 0 aromatic rings. The zero-order chi connectivity index (χ0) is 10.4. The zero-order valence-electron chi connectivity index (χ0n) is 9.89. The van der Waals surface area contributed by atoms with E-state index >= 15 is 0 Å². The fourth-order valence-corrected chi connectivity index (χ4v) is 2.72. The van der Waals surface area contributed by atoms with Crippen LogP contribution in [0, 0.1) is 5.92 Å². The molecule has 1 aliphatic rings. The standard InChI is InChI=1S/C13H26O/c1-3-5-8-12(4-2)11-13(14)9-6-7-10-13/h12,14H,3-11H2,1-2H3. The molecule has 1 unspecified atom stereocenters. The molecule has 1 aliphatic carbocycles. The van der Waals surface area contributed by atoms with Crippen LogP contribution < -0.4 is 0 Å². The Bertz CT molecular complexity index is 147. The third kappa shape index (κ3) is 3.61. The van der Waals surface area contributed by atoms with Crippen molar-refractivity contribution in [2.45, 2.75) is 77.2 Å². The maximum Gasteiger partial charge on any atom is 0.0650 e. The van der Waals surface area contributed by atoms with Gasteiger partial charge in [-0.15, -0.1) is 0 Å². The highest BCUT2D eigenvalue weighted by Gasteiger charge is 2.32. The van der Waals surface area contributed by atoms with Crippen LogP contribution in [0.2, 0.25) is 0 Å². The molecular formula is C13H26O. The van der Waals surface area contributed by atoms with E-state index < -0.39 is 0 Å². The summed E-state index contributed by atoms with van der Waals surface area (Å²) >= 11 is 0. The molecule has 0 radical (unpaired) electrons. The molecule has 1 saturated carbocycles. The summed E-state index contributed by atoms with van der Waals surface area (Å²) in [6.07, 6.45) is 10.8. The Hall–Kier alpha value is -0.0400. The van der Waals surface area contributed by atoms with Gasteiger partial charge in [0, 0.05) is 0 Å². The van der Waals surface area contributed by atoms with E-state index in [1.807, 2.05) is 0 Å². The van der Waals surface area contributed by atoms with Crippen LogP contribution in [0.3, 0.4) is 0 Å². The average molecular weight is 198 g/mol. The van der Waals surface area contributed by atoms with E-state index in [2.05, 4.69) is 13.8 Å². The van der Waals surface area contributed by atoms with Gasteiger partial charge in [0.25, 0.3) is 0 Å². The van der Waals surface area contributed by atoms with Crippen molar-refractivity contribution in [1.82, 2.24) is 0 Å². The fraction of sp³-hybridized carbons (Fsp3) is 1.00. The summed E-state index contributed by atoms with van der Waals surface area (Å²) in [5, 5.41) is 10.3. The normalized spacial score (nSPS) is 22.5. The minimum absolute atomic E-state index is 0.283. The predicted octanol–water partition coefficient (Wildman–Crippen LogP) is 3.90. The van der Waals surface area contributed by atoms with Gasteiger partial charge in [0.15, 0.2) is 0 Å². The molecule has 0 aromatic heterocycles. The number of hydrogen-bond acceptors (Lipinski definition) is 1. The smallest absolute Gasteiger partial charge is 0.0650 e. The minimum atomic E-state index is -0.283. The monoisotopic (exact) mass is 198 g/mol. The Balaban J connectivity index is 2.30. The van der Waals surface area contributed by atoms with E-state index in [0.717, 1.165) is 25.2 Å². The topological polar surface area (TPSA) is 20.2 Å². The summed E-state index contributed by atoms with van der Waals surface area (Å²) in [6.45, 7) is 4.51. The number of hydrogen-bond donors (Lipinski definition) is 1. The van der Waals surface area contributed by atoms with Gasteiger partial charge >= 0.3 is 0 Å². The van der Waals surface area contributed by atoms with Crippen LogP contribution >= 0.6 is 0 Å². The van der Waals surface area contributed by atoms with Gasteiger partial charge in [-0.3, -0.25) is 0 Å². The summed E-state index contributed by atoms with van der Waals surface area (Å²) in [4.78, 5) is 0. The van der Waals surface area contributed by atoms with Gasteiger partial charge in [0.2, 0.25) is 0 Å². The van der Waals surface area contributed by atoms with Gasteiger partial charge in [-0.25, -0.2) is 0 Å². The predicted molar refractivity (Wildman–Crippen MR) is 61.3 cm³/mol. The van der Waals surface area contributed by atoms with Crippen molar-refractivity contribution < 1.29 is 5.11 Å². The molecule has 1 nitrogen and oxygen atoms in total. The molecule has 1 fully saturated rings.